The molecular weight excluding hydrogens is 230 g/mol. The van der Waals surface area contributed by atoms with Crippen molar-refractivity contribution >= 4 is 21.6 Å². The summed E-state index contributed by atoms with van der Waals surface area (Å²) in [5.74, 6) is 0.881. The van der Waals surface area contributed by atoms with Crippen LogP contribution in [0.2, 0.25) is 0 Å². The van der Waals surface area contributed by atoms with Crippen LogP contribution in [0.25, 0.3) is 0 Å². The lowest BCUT2D eigenvalue weighted by atomic mass is 9.99. The monoisotopic (exact) mass is 243 g/mol. The maximum atomic E-state index is 5.22. The molecule has 0 atom stereocenters. The summed E-state index contributed by atoms with van der Waals surface area (Å²) in [5.41, 5.74) is 1.21. The molecule has 0 N–H and O–H groups in total. The number of hydrogen-bond donors (Lipinski definition) is 0. The number of nitrogens with zero attached hydrogens (tertiary/aromatic N) is 1. The van der Waals surface area contributed by atoms with E-state index in [2.05, 4.69) is 27.8 Å². The molecule has 0 radical (unpaired) electrons. The third-order valence-corrected chi connectivity index (χ3v) is 3.12. The van der Waals surface area contributed by atoms with Gasteiger partial charge in [-0.2, -0.15) is 0 Å². The molecule has 1 fully saturated rings. The molecule has 1 saturated heterocycles. The van der Waals surface area contributed by atoms with Crippen molar-refractivity contribution in [1.29, 1.82) is 0 Å². The molecule has 3 heteroatoms. The van der Waals surface area contributed by atoms with Gasteiger partial charge in [-0.05, 0) is 34.7 Å². The summed E-state index contributed by atoms with van der Waals surface area (Å²) < 4.78 is 6.04. The fraction of sp³-hybridized carbons (Fsp3) is 0.600. The Kier molecular flexibility index (Phi) is 2.63. The summed E-state index contributed by atoms with van der Waals surface area (Å²) >= 11 is 3.32. The van der Waals surface area contributed by atoms with Crippen molar-refractivity contribution in [3.63, 3.8) is 0 Å². The van der Waals surface area contributed by atoms with E-state index in [1.807, 2.05) is 12.3 Å². The number of piperidine rings is 1. The van der Waals surface area contributed by atoms with Gasteiger partial charge in [0.15, 0.2) is 4.67 Å². The molecule has 1 aliphatic rings. The molecular formula is C10H14BrNO. The molecule has 0 bridgehead atoms. The SMILES string of the molecule is CC1CCN(c2coc(Br)c2)CC1. The third-order valence-electron chi connectivity index (χ3n) is 2.70. The number of hydrogen-bond acceptors (Lipinski definition) is 2. The molecule has 0 saturated carbocycles. The van der Waals surface area contributed by atoms with E-state index in [4.69, 9.17) is 4.42 Å². The number of rotatable bonds is 1. The zero-order valence-corrected chi connectivity index (χ0v) is 9.38. The standard InChI is InChI=1S/C10H14BrNO/c1-8-2-4-12(5-3-8)9-6-10(11)13-7-9/h6-8H,2-5H2,1H3. The molecule has 1 aromatic heterocycles. The second-order valence-electron chi connectivity index (χ2n) is 3.78. The number of halogens is 1. The van der Waals surface area contributed by atoms with E-state index in [1.54, 1.807) is 0 Å². The molecule has 2 rings (SSSR count). The van der Waals surface area contributed by atoms with Crippen LogP contribution in [0.15, 0.2) is 21.4 Å². The Balaban J connectivity index is 2.02. The first-order valence-corrected chi connectivity index (χ1v) is 5.54. The highest BCUT2D eigenvalue weighted by molar-refractivity contribution is 9.10. The van der Waals surface area contributed by atoms with Crippen molar-refractivity contribution in [2.75, 3.05) is 18.0 Å². The van der Waals surface area contributed by atoms with Crippen molar-refractivity contribution < 1.29 is 4.42 Å². The van der Waals surface area contributed by atoms with E-state index < -0.39 is 0 Å². The van der Waals surface area contributed by atoms with E-state index in [0.717, 1.165) is 23.7 Å². The Morgan fingerprint density at radius 1 is 1.46 bits per heavy atom. The fourth-order valence-electron chi connectivity index (χ4n) is 1.73. The van der Waals surface area contributed by atoms with E-state index in [-0.39, 0.29) is 0 Å². The average molecular weight is 244 g/mol. The van der Waals surface area contributed by atoms with Crippen molar-refractivity contribution in [3.05, 3.63) is 17.0 Å². The largest absolute Gasteiger partial charge is 0.455 e. The minimum atomic E-state index is 0.820. The first-order valence-electron chi connectivity index (χ1n) is 4.74. The Morgan fingerprint density at radius 3 is 2.69 bits per heavy atom. The second kappa shape index (κ2) is 3.74. The van der Waals surface area contributed by atoms with Gasteiger partial charge in [-0.25, -0.2) is 0 Å². The lowest BCUT2D eigenvalue weighted by Crippen LogP contribution is -2.32. The molecule has 0 spiro atoms. The van der Waals surface area contributed by atoms with Crippen LogP contribution >= 0.6 is 15.9 Å². The smallest absolute Gasteiger partial charge is 0.171 e. The van der Waals surface area contributed by atoms with E-state index in [1.165, 1.54) is 18.5 Å². The van der Waals surface area contributed by atoms with Crippen LogP contribution in [0.1, 0.15) is 19.8 Å². The van der Waals surface area contributed by atoms with E-state index in [0.29, 0.717) is 0 Å². The maximum Gasteiger partial charge on any atom is 0.171 e. The number of anilines is 1. The first-order chi connectivity index (χ1) is 6.25. The highest BCUT2D eigenvalue weighted by atomic mass is 79.9. The van der Waals surface area contributed by atoms with Crippen LogP contribution in [-0.2, 0) is 0 Å². The van der Waals surface area contributed by atoms with Crippen LogP contribution in [0, 0.1) is 5.92 Å². The van der Waals surface area contributed by atoms with E-state index in [9.17, 15) is 0 Å². The third kappa shape index (κ3) is 2.08. The minimum absolute atomic E-state index is 0.820. The summed E-state index contributed by atoms with van der Waals surface area (Å²) in [6.07, 6.45) is 4.41. The summed E-state index contributed by atoms with van der Waals surface area (Å²) in [7, 11) is 0. The Morgan fingerprint density at radius 2 is 2.15 bits per heavy atom. The lowest BCUT2D eigenvalue weighted by molar-refractivity contribution is 0.437. The van der Waals surface area contributed by atoms with E-state index >= 15 is 0 Å². The highest BCUT2D eigenvalue weighted by Gasteiger charge is 2.16. The van der Waals surface area contributed by atoms with Gasteiger partial charge in [0.1, 0.15) is 6.26 Å². The van der Waals surface area contributed by atoms with Gasteiger partial charge in [-0.15, -0.1) is 0 Å². The van der Waals surface area contributed by atoms with Gasteiger partial charge in [0.2, 0.25) is 0 Å². The molecule has 1 aliphatic heterocycles. The quantitative estimate of drug-likeness (QED) is 0.753. The van der Waals surface area contributed by atoms with Gasteiger partial charge in [0.25, 0.3) is 0 Å². The zero-order valence-electron chi connectivity index (χ0n) is 7.79. The second-order valence-corrected chi connectivity index (χ2v) is 4.56. The van der Waals surface area contributed by atoms with Gasteiger partial charge < -0.3 is 9.32 Å². The zero-order chi connectivity index (χ0) is 9.26. The molecule has 0 aliphatic carbocycles. The van der Waals surface area contributed by atoms with Crippen molar-refractivity contribution in [2.45, 2.75) is 19.8 Å². The molecule has 72 valence electrons. The van der Waals surface area contributed by atoms with Crippen LogP contribution in [0.4, 0.5) is 5.69 Å². The van der Waals surface area contributed by atoms with Crippen molar-refractivity contribution in [2.24, 2.45) is 5.92 Å². The topological polar surface area (TPSA) is 16.4 Å². The van der Waals surface area contributed by atoms with Crippen molar-refractivity contribution in [3.8, 4) is 0 Å². The fourth-order valence-corrected chi connectivity index (χ4v) is 2.06. The normalized spacial score (nSPS) is 19.4. The molecule has 0 aromatic carbocycles. The molecule has 0 amide bonds. The van der Waals surface area contributed by atoms with Crippen LogP contribution in [0.5, 0.6) is 0 Å². The molecule has 0 unspecified atom stereocenters. The lowest BCUT2D eigenvalue weighted by Gasteiger charge is -2.30. The van der Waals surface area contributed by atoms with Gasteiger partial charge in [-0.1, -0.05) is 6.92 Å². The predicted octanol–water partition coefficient (Wildman–Crippen LogP) is 3.28. The van der Waals surface area contributed by atoms with Crippen molar-refractivity contribution in [1.82, 2.24) is 0 Å². The summed E-state index contributed by atoms with van der Waals surface area (Å²) in [5, 5.41) is 0. The Hall–Kier alpha value is -0.440. The molecule has 1 aromatic rings. The summed E-state index contributed by atoms with van der Waals surface area (Å²) in [4.78, 5) is 2.38. The number of furan rings is 1. The van der Waals surface area contributed by atoms with Gasteiger partial charge in [0.05, 0.1) is 5.69 Å². The maximum absolute atomic E-state index is 5.22. The molecule has 13 heavy (non-hydrogen) atoms. The van der Waals surface area contributed by atoms with Gasteiger partial charge >= 0.3 is 0 Å². The summed E-state index contributed by atoms with van der Waals surface area (Å²) in [6.45, 7) is 4.64. The van der Waals surface area contributed by atoms with Gasteiger partial charge in [0, 0.05) is 19.2 Å². The Bertz CT molecular complexity index is 276. The predicted molar refractivity (Wildman–Crippen MR) is 57.0 cm³/mol. The molecule has 2 heterocycles. The Labute approximate surface area is 87.0 Å². The minimum Gasteiger partial charge on any atom is -0.455 e. The van der Waals surface area contributed by atoms with Crippen LogP contribution in [0.3, 0.4) is 0 Å². The first kappa shape index (κ1) is 9.13. The van der Waals surface area contributed by atoms with Crippen LogP contribution in [-0.4, -0.2) is 13.1 Å². The highest BCUT2D eigenvalue weighted by Crippen LogP contribution is 2.26. The summed E-state index contributed by atoms with van der Waals surface area (Å²) in [6, 6.07) is 2.04. The molecule has 2 nitrogen and oxygen atoms in total. The average Bonchev–Trinajstić information content (AvgIpc) is 2.53. The van der Waals surface area contributed by atoms with Gasteiger partial charge in [-0.3, -0.25) is 0 Å². The van der Waals surface area contributed by atoms with Crippen LogP contribution < -0.4 is 4.90 Å².